The van der Waals surface area contributed by atoms with Crippen molar-refractivity contribution in [2.45, 2.75) is 70.1 Å². The lowest BCUT2D eigenvalue weighted by molar-refractivity contribution is 0.0538. The average molecular weight is 243 g/mol. The Hall–Kier alpha value is -0.150. The van der Waals surface area contributed by atoms with E-state index in [-0.39, 0.29) is 5.92 Å². The second-order valence-corrected chi connectivity index (χ2v) is 6.19. The Kier molecular flexibility index (Phi) is 4.42. The quantitative estimate of drug-likeness (QED) is 0.822. The molecule has 17 heavy (non-hydrogen) atoms. The molecule has 2 rings (SSSR count). The number of hydrogen-bond acceptors (Lipinski definition) is 2. The van der Waals surface area contributed by atoms with Gasteiger partial charge in [-0.3, -0.25) is 0 Å². The van der Waals surface area contributed by atoms with Gasteiger partial charge in [0, 0.05) is 18.7 Å². The molecule has 0 aromatic heterocycles. The van der Waals surface area contributed by atoms with E-state index in [0.717, 1.165) is 38.9 Å². The van der Waals surface area contributed by atoms with Gasteiger partial charge in [0.05, 0.1) is 6.61 Å². The molecule has 1 saturated carbocycles. The van der Waals surface area contributed by atoms with Gasteiger partial charge in [0.2, 0.25) is 0 Å². The fourth-order valence-electron chi connectivity index (χ4n) is 3.15. The summed E-state index contributed by atoms with van der Waals surface area (Å²) >= 11 is 0. The fourth-order valence-corrected chi connectivity index (χ4v) is 3.15. The molecule has 1 aliphatic heterocycles. The van der Waals surface area contributed by atoms with E-state index in [1.807, 2.05) is 0 Å². The maximum Gasteiger partial charge on any atom is 0.108 e. The molecule has 1 heterocycles. The van der Waals surface area contributed by atoms with Crippen LogP contribution >= 0.6 is 0 Å². The summed E-state index contributed by atoms with van der Waals surface area (Å²) < 4.78 is 19.3. The summed E-state index contributed by atoms with van der Waals surface area (Å²) in [5.74, 6) is 0.253. The first-order chi connectivity index (χ1) is 8.05. The van der Waals surface area contributed by atoms with Crippen molar-refractivity contribution < 1.29 is 9.13 Å². The van der Waals surface area contributed by atoms with Gasteiger partial charge in [0.15, 0.2) is 0 Å². The van der Waals surface area contributed by atoms with Gasteiger partial charge in [0.1, 0.15) is 5.67 Å². The molecular weight excluding hydrogens is 217 g/mol. The first kappa shape index (κ1) is 13.3. The van der Waals surface area contributed by atoms with E-state index >= 15 is 0 Å². The van der Waals surface area contributed by atoms with Crippen LogP contribution in [0, 0.1) is 5.92 Å². The monoisotopic (exact) mass is 243 g/mol. The molecule has 0 aromatic rings. The molecule has 1 aliphatic carbocycles. The zero-order valence-electron chi connectivity index (χ0n) is 11.2. The number of nitrogens with one attached hydrogen (secondary N) is 1. The molecule has 0 spiro atoms. The number of alkyl halides is 1. The van der Waals surface area contributed by atoms with Crippen molar-refractivity contribution in [3.8, 4) is 0 Å². The molecule has 0 bridgehead atoms. The molecule has 1 N–H and O–H groups in total. The maximum absolute atomic E-state index is 13.8. The van der Waals surface area contributed by atoms with E-state index in [4.69, 9.17) is 4.74 Å². The van der Waals surface area contributed by atoms with E-state index in [9.17, 15) is 4.39 Å². The second-order valence-electron chi connectivity index (χ2n) is 6.19. The lowest BCUT2D eigenvalue weighted by Crippen LogP contribution is -2.45. The minimum absolute atomic E-state index is 0.253. The van der Waals surface area contributed by atoms with Gasteiger partial charge < -0.3 is 10.1 Å². The fraction of sp³-hybridized carbons (Fsp3) is 1.00. The highest BCUT2D eigenvalue weighted by atomic mass is 19.1. The molecule has 100 valence electrons. The molecular formula is C14H26FNO. The highest BCUT2D eigenvalue weighted by Crippen LogP contribution is 2.35. The van der Waals surface area contributed by atoms with Crippen LogP contribution in [0.3, 0.4) is 0 Å². The average Bonchev–Trinajstić information content (AvgIpc) is 2.30. The summed E-state index contributed by atoms with van der Waals surface area (Å²) in [6.45, 7) is 5.22. The van der Waals surface area contributed by atoms with Gasteiger partial charge in [-0.2, -0.15) is 0 Å². The van der Waals surface area contributed by atoms with Crippen LogP contribution < -0.4 is 5.32 Å². The third kappa shape index (κ3) is 3.92. The molecule has 2 fully saturated rings. The van der Waals surface area contributed by atoms with Crippen LogP contribution in [-0.2, 0) is 4.74 Å². The van der Waals surface area contributed by atoms with Crippen molar-refractivity contribution in [3.05, 3.63) is 0 Å². The minimum Gasteiger partial charge on any atom is -0.380 e. The van der Waals surface area contributed by atoms with Crippen LogP contribution in [0.15, 0.2) is 0 Å². The molecule has 0 radical (unpaired) electrons. The Balaban J connectivity index is 1.71. The van der Waals surface area contributed by atoms with Gasteiger partial charge in [-0.05, 0) is 58.3 Å². The first-order valence-electron chi connectivity index (χ1n) is 7.08. The van der Waals surface area contributed by atoms with Crippen LogP contribution in [0.5, 0.6) is 0 Å². The topological polar surface area (TPSA) is 21.3 Å². The summed E-state index contributed by atoms with van der Waals surface area (Å²) in [7, 11) is 0. The minimum atomic E-state index is -1.00. The Bertz CT molecular complexity index is 225. The van der Waals surface area contributed by atoms with Crippen LogP contribution in [0.4, 0.5) is 4.39 Å². The molecule has 1 saturated heterocycles. The van der Waals surface area contributed by atoms with Gasteiger partial charge in [-0.15, -0.1) is 0 Å². The van der Waals surface area contributed by atoms with Crippen LogP contribution in [0.1, 0.15) is 52.4 Å². The smallest absolute Gasteiger partial charge is 0.108 e. The lowest BCUT2D eigenvalue weighted by Gasteiger charge is -2.36. The second kappa shape index (κ2) is 5.66. The van der Waals surface area contributed by atoms with E-state index in [0.29, 0.717) is 12.1 Å². The SMILES string of the molecule is CC(C)(F)C1CCC(NC2CCCOC2)CC1. The van der Waals surface area contributed by atoms with Crippen molar-refractivity contribution in [2.24, 2.45) is 5.92 Å². The number of ether oxygens (including phenoxy) is 1. The van der Waals surface area contributed by atoms with Gasteiger partial charge in [0.25, 0.3) is 0 Å². The zero-order valence-corrected chi connectivity index (χ0v) is 11.2. The normalized spacial score (nSPS) is 35.8. The van der Waals surface area contributed by atoms with Crippen LogP contribution in [0.25, 0.3) is 0 Å². The number of rotatable bonds is 3. The zero-order chi connectivity index (χ0) is 12.3. The van der Waals surface area contributed by atoms with Gasteiger partial charge in [-0.1, -0.05) is 0 Å². The largest absolute Gasteiger partial charge is 0.380 e. The Labute approximate surface area is 104 Å². The van der Waals surface area contributed by atoms with E-state index in [1.54, 1.807) is 13.8 Å². The third-order valence-electron chi connectivity index (χ3n) is 4.33. The highest BCUT2D eigenvalue weighted by molar-refractivity contribution is 4.87. The maximum atomic E-state index is 13.8. The Morgan fingerprint density at radius 1 is 1.06 bits per heavy atom. The Morgan fingerprint density at radius 3 is 2.29 bits per heavy atom. The van der Waals surface area contributed by atoms with Crippen molar-refractivity contribution >= 4 is 0 Å². The number of halogens is 1. The standard InChI is InChI=1S/C14H26FNO/c1-14(2,15)11-5-7-12(8-6-11)16-13-4-3-9-17-10-13/h11-13,16H,3-10H2,1-2H3. The van der Waals surface area contributed by atoms with Crippen LogP contribution in [0.2, 0.25) is 0 Å². The summed E-state index contributed by atoms with van der Waals surface area (Å²) in [4.78, 5) is 0. The predicted molar refractivity (Wildman–Crippen MR) is 67.9 cm³/mol. The highest BCUT2D eigenvalue weighted by Gasteiger charge is 2.33. The summed E-state index contributed by atoms with van der Waals surface area (Å²) in [6.07, 6.45) is 6.69. The lowest BCUT2D eigenvalue weighted by atomic mass is 9.78. The molecule has 3 heteroatoms. The molecule has 1 unspecified atom stereocenters. The van der Waals surface area contributed by atoms with Crippen molar-refractivity contribution in [2.75, 3.05) is 13.2 Å². The third-order valence-corrected chi connectivity index (χ3v) is 4.33. The summed E-state index contributed by atoms with van der Waals surface area (Å²) in [5, 5.41) is 3.68. The molecule has 0 amide bonds. The first-order valence-corrected chi connectivity index (χ1v) is 7.08. The molecule has 0 aromatic carbocycles. The van der Waals surface area contributed by atoms with Crippen molar-refractivity contribution in [3.63, 3.8) is 0 Å². The summed E-state index contributed by atoms with van der Waals surface area (Å²) in [5.41, 5.74) is -1.00. The van der Waals surface area contributed by atoms with E-state index in [1.165, 1.54) is 12.8 Å². The van der Waals surface area contributed by atoms with E-state index in [2.05, 4.69) is 5.32 Å². The van der Waals surface area contributed by atoms with Gasteiger partial charge >= 0.3 is 0 Å². The summed E-state index contributed by atoms with van der Waals surface area (Å²) in [6, 6.07) is 1.11. The Morgan fingerprint density at radius 2 is 1.76 bits per heavy atom. The van der Waals surface area contributed by atoms with Crippen molar-refractivity contribution in [1.82, 2.24) is 5.32 Å². The molecule has 2 aliphatic rings. The molecule has 1 atom stereocenters. The van der Waals surface area contributed by atoms with E-state index < -0.39 is 5.67 Å². The predicted octanol–water partition coefficient (Wildman–Crippen LogP) is 3.06. The van der Waals surface area contributed by atoms with Crippen LogP contribution in [-0.4, -0.2) is 31.0 Å². The molecule has 2 nitrogen and oxygen atoms in total. The number of hydrogen-bond donors (Lipinski definition) is 1. The van der Waals surface area contributed by atoms with Crippen molar-refractivity contribution in [1.29, 1.82) is 0 Å². The van der Waals surface area contributed by atoms with Gasteiger partial charge in [-0.25, -0.2) is 4.39 Å².